The lowest BCUT2D eigenvalue weighted by molar-refractivity contribution is 0.335. The van der Waals surface area contributed by atoms with Crippen LogP contribution in [0.1, 0.15) is 49.3 Å². The maximum Gasteiger partial charge on any atom is 0.243 e. The van der Waals surface area contributed by atoms with Crippen LogP contribution in [0.4, 0.5) is 0 Å². The molecule has 0 spiro atoms. The highest BCUT2D eigenvalue weighted by Gasteiger charge is 2.33. The van der Waals surface area contributed by atoms with Crippen LogP contribution in [0.5, 0.6) is 0 Å². The molecule has 4 nitrogen and oxygen atoms in total. The Morgan fingerprint density at radius 3 is 2.38 bits per heavy atom. The molecular weight excluding hydrogens is 284 g/mol. The van der Waals surface area contributed by atoms with Crippen molar-refractivity contribution in [2.45, 2.75) is 63.9 Å². The highest BCUT2D eigenvalue weighted by molar-refractivity contribution is 7.89. The van der Waals surface area contributed by atoms with Crippen molar-refractivity contribution in [2.75, 3.05) is 6.54 Å². The summed E-state index contributed by atoms with van der Waals surface area (Å²) >= 11 is 0. The Morgan fingerprint density at radius 2 is 1.86 bits per heavy atom. The molecule has 1 saturated carbocycles. The number of rotatable bonds is 5. The summed E-state index contributed by atoms with van der Waals surface area (Å²) in [6.45, 7) is 6.63. The van der Waals surface area contributed by atoms with E-state index in [1.54, 1.807) is 10.4 Å². The zero-order chi connectivity index (χ0) is 15.6. The molecule has 0 aliphatic heterocycles. The van der Waals surface area contributed by atoms with Gasteiger partial charge in [-0.25, -0.2) is 8.42 Å². The first-order valence-electron chi connectivity index (χ1n) is 7.73. The number of benzene rings is 1. The minimum atomic E-state index is -3.44. The van der Waals surface area contributed by atoms with Gasteiger partial charge in [-0.1, -0.05) is 25.8 Å². The average molecular weight is 310 g/mol. The van der Waals surface area contributed by atoms with E-state index in [1.165, 1.54) is 0 Å². The van der Waals surface area contributed by atoms with E-state index < -0.39 is 10.0 Å². The van der Waals surface area contributed by atoms with Crippen molar-refractivity contribution < 1.29 is 8.42 Å². The first-order valence-corrected chi connectivity index (χ1v) is 9.17. The van der Waals surface area contributed by atoms with Gasteiger partial charge in [-0.05, 0) is 49.4 Å². The van der Waals surface area contributed by atoms with Crippen LogP contribution in [0.2, 0.25) is 0 Å². The summed E-state index contributed by atoms with van der Waals surface area (Å²) in [6.07, 6.45) is 4.19. The highest BCUT2D eigenvalue weighted by atomic mass is 32.2. The lowest BCUT2D eigenvalue weighted by atomic mass is 10.1. The second-order valence-corrected chi connectivity index (χ2v) is 7.75. The summed E-state index contributed by atoms with van der Waals surface area (Å²) in [4.78, 5) is 0.428. The smallest absolute Gasteiger partial charge is 0.243 e. The Balaban J connectivity index is 2.49. The van der Waals surface area contributed by atoms with Gasteiger partial charge in [0.25, 0.3) is 0 Å². The molecule has 0 unspecified atom stereocenters. The number of hydrogen-bond acceptors (Lipinski definition) is 3. The Morgan fingerprint density at radius 1 is 1.24 bits per heavy atom. The lowest BCUT2D eigenvalue weighted by Gasteiger charge is -2.28. The van der Waals surface area contributed by atoms with Crippen LogP contribution in [0.15, 0.2) is 17.0 Å². The van der Waals surface area contributed by atoms with Gasteiger partial charge in [0.05, 0.1) is 4.90 Å². The summed E-state index contributed by atoms with van der Waals surface area (Å²) in [5, 5.41) is 0. The summed E-state index contributed by atoms with van der Waals surface area (Å²) in [5.41, 5.74) is 8.40. The second-order valence-electron chi connectivity index (χ2n) is 5.89. The van der Waals surface area contributed by atoms with Crippen molar-refractivity contribution >= 4 is 10.0 Å². The standard InChI is InChI=1S/C16H26N2O2S/c1-4-18(15-7-5-6-8-15)21(19,20)16-10-14(11-17)9-12(2)13(16)3/h9-10,15H,4-8,11,17H2,1-3H3. The summed E-state index contributed by atoms with van der Waals surface area (Å²) in [6, 6.07) is 3.87. The predicted molar refractivity (Wildman–Crippen MR) is 85.6 cm³/mol. The lowest BCUT2D eigenvalue weighted by Crippen LogP contribution is -2.39. The molecule has 2 rings (SSSR count). The Hall–Kier alpha value is -0.910. The van der Waals surface area contributed by atoms with E-state index in [1.807, 2.05) is 26.8 Å². The number of aryl methyl sites for hydroxylation is 1. The van der Waals surface area contributed by atoms with Crippen LogP contribution in [-0.4, -0.2) is 25.3 Å². The molecule has 118 valence electrons. The Kier molecular flexibility index (Phi) is 5.07. The number of sulfonamides is 1. The normalized spacial score (nSPS) is 16.8. The van der Waals surface area contributed by atoms with Crippen LogP contribution in [0.25, 0.3) is 0 Å². The van der Waals surface area contributed by atoms with Crippen LogP contribution in [-0.2, 0) is 16.6 Å². The molecule has 1 aliphatic carbocycles. The van der Waals surface area contributed by atoms with Gasteiger partial charge in [-0.3, -0.25) is 0 Å². The average Bonchev–Trinajstić information content (AvgIpc) is 2.95. The van der Waals surface area contributed by atoms with Crippen molar-refractivity contribution in [3.63, 3.8) is 0 Å². The van der Waals surface area contributed by atoms with Crippen molar-refractivity contribution in [1.82, 2.24) is 4.31 Å². The van der Waals surface area contributed by atoms with Crippen molar-refractivity contribution in [1.29, 1.82) is 0 Å². The fraction of sp³-hybridized carbons (Fsp3) is 0.625. The van der Waals surface area contributed by atoms with Gasteiger partial charge in [-0.2, -0.15) is 4.31 Å². The zero-order valence-electron chi connectivity index (χ0n) is 13.2. The van der Waals surface area contributed by atoms with Crippen molar-refractivity contribution in [2.24, 2.45) is 5.73 Å². The van der Waals surface area contributed by atoms with E-state index in [0.29, 0.717) is 18.0 Å². The van der Waals surface area contributed by atoms with Gasteiger partial charge < -0.3 is 5.73 Å². The number of nitrogens with zero attached hydrogens (tertiary/aromatic N) is 1. The predicted octanol–water partition coefficient (Wildman–Crippen LogP) is 2.72. The molecule has 0 radical (unpaired) electrons. The molecule has 0 atom stereocenters. The molecule has 0 heterocycles. The third-order valence-electron chi connectivity index (χ3n) is 4.55. The first-order chi connectivity index (χ1) is 9.91. The summed E-state index contributed by atoms with van der Waals surface area (Å²) in [7, 11) is -3.44. The summed E-state index contributed by atoms with van der Waals surface area (Å²) < 4.78 is 27.8. The molecule has 5 heteroatoms. The van der Waals surface area contributed by atoms with Crippen LogP contribution < -0.4 is 5.73 Å². The minimum Gasteiger partial charge on any atom is -0.326 e. The molecule has 1 aromatic carbocycles. The van der Waals surface area contributed by atoms with Gasteiger partial charge in [0.1, 0.15) is 0 Å². The Labute approximate surface area is 128 Å². The van der Waals surface area contributed by atoms with Crippen LogP contribution in [0, 0.1) is 13.8 Å². The number of nitrogens with two attached hydrogens (primary N) is 1. The SMILES string of the molecule is CCN(C1CCCC1)S(=O)(=O)c1cc(CN)cc(C)c1C. The Bertz CT molecular complexity index is 605. The highest BCUT2D eigenvalue weighted by Crippen LogP contribution is 2.31. The van der Waals surface area contributed by atoms with Crippen LogP contribution >= 0.6 is 0 Å². The largest absolute Gasteiger partial charge is 0.326 e. The molecule has 0 amide bonds. The molecule has 1 fully saturated rings. The maximum absolute atomic E-state index is 13.1. The third kappa shape index (κ3) is 3.15. The fourth-order valence-corrected chi connectivity index (χ4v) is 5.27. The molecule has 21 heavy (non-hydrogen) atoms. The second kappa shape index (κ2) is 6.46. The van der Waals surface area contributed by atoms with Gasteiger partial charge >= 0.3 is 0 Å². The van der Waals surface area contributed by atoms with Gasteiger partial charge in [0, 0.05) is 19.1 Å². The van der Waals surface area contributed by atoms with Gasteiger partial charge in [0.15, 0.2) is 0 Å². The molecule has 0 aromatic heterocycles. The first kappa shape index (κ1) is 16.5. The van der Waals surface area contributed by atoms with Crippen LogP contribution in [0.3, 0.4) is 0 Å². The van der Waals surface area contributed by atoms with Gasteiger partial charge in [0.2, 0.25) is 10.0 Å². The van der Waals surface area contributed by atoms with E-state index >= 15 is 0 Å². The third-order valence-corrected chi connectivity index (χ3v) is 6.70. The fourth-order valence-electron chi connectivity index (χ4n) is 3.23. The monoisotopic (exact) mass is 310 g/mol. The topological polar surface area (TPSA) is 63.4 Å². The summed E-state index contributed by atoms with van der Waals surface area (Å²) in [5.74, 6) is 0. The van der Waals surface area contributed by atoms with Crippen molar-refractivity contribution in [3.8, 4) is 0 Å². The molecule has 2 N–H and O–H groups in total. The van der Waals surface area contributed by atoms with E-state index in [2.05, 4.69) is 0 Å². The van der Waals surface area contributed by atoms with Crippen molar-refractivity contribution in [3.05, 3.63) is 28.8 Å². The van der Waals surface area contributed by atoms with E-state index in [0.717, 1.165) is 42.4 Å². The molecule has 0 bridgehead atoms. The van der Waals surface area contributed by atoms with E-state index in [-0.39, 0.29) is 6.04 Å². The molecule has 1 aromatic rings. The maximum atomic E-state index is 13.1. The molecule has 0 saturated heterocycles. The molecule has 1 aliphatic rings. The van der Waals surface area contributed by atoms with E-state index in [9.17, 15) is 8.42 Å². The number of hydrogen-bond donors (Lipinski definition) is 1. The van der Waals surface area contributed by atoms with Gasteiger partial charge in [-0.15, -0.1) is 0 Å². The molecular formula is C16H26N2O2S. The zero-order valence-corrected chi connectivity index (χ0v) is 14.0. The minimum absolute atomic E-state index is 0.154. The quantitative estimate of drug-likeness (QED) is 0.909. The van der Waals surface area contributed by atoms with E-state index in [4.69, 9.17) is 5.73 Å².